The number of nitrogens with one attached hydrogen (secondary N) is 1. The second kappa shape index (κ2) is 4.62. The van der Waals surface area contributed by atoms with Crippen molar-refractivity contribution < 1.29 is 4.74 Å². The molecule has 2 aromatic rings. The zero-order valence-electron chi connectivity index (χ0n) is 10.8. The predicted octanol–water partition coefficient (Wildman–Crippen LogP) is 3.29. The van der Waals surface area contributed by atoms with Crippen molar-refractivity contribution in [1.82, 2.24) is 4.98 Å². The van der Waals surface area contributed by atoms with Gasteiger partial charge in [0, 0.05) is 23.3 Å². The maximum absolute atomic E-state index is 5.37. The highest BCUT2D eigenvalue weighted by Crippen LogP contribution is 2.32. The van der Waals surface area contributed by atoms with E-state index in [1.54, 1.807) is 7.11 Å². The van der Waals surface area contributed by atoms with Crippen LogP contribution in [-0.4, -0.2) is 18.6 Å². The second-order valence-corrected chi connectivity index (χ2v) is 4.08. The summed E-state index contributed by atoms with van der Waals surface area (Å²) >= 11 is 0. The highest BCUT2D eigenvalue weighted by Gasteiger charge is 2.11. The van der Waals surface area contributed by atoms with Gasteiger partial charge >= 0.3 is 0 Å². The topological polar surface area (TPSA) is 34.2 Å². The maximum atomic E-state index is 5.37. The number of aryl methyl sites for hydroxylation is 1. The van der Waals surface area contributed by atoms with Gasteiger partial charge in [0.2, 0.25) is 0 Å². The minimum absolute atomic E-state index is 0.824. The second-order valence-electron chi connectivity index (χ2n) is 4.08. The number of rotatable bonds is 3. The lowest BCUT2D eigenvalue weighted by molar-refractivity contribution is 0.419. The van der Waals surface area contributed by atoms with Crippen LogP contribution in [0, 0.1) is 13.8 Å². The normalized spacial score (nSPS) is 10.6. The largest absolute Gasteiger partial charge is 0.494 e. The molecule has 0 saturated carbocycles. The molecule has 0 saturated heterocycles. The van der Waals surface area contributed by atoms with Gasteiger partial charge in [-0.05, 0) is 32.4 Å². The summed E-state index contributed by atoms with van der Waals surface area (Å²) in [6.07, 6.45) is 0. The molecule has 0 fully saturated rings. The zero-order chi connectivity index (χ0) is 12.4. The third-order valence-electron chi connectivity index (χ3n) is 3.04. The number of nitrogens with zero attached hydrogens (tertiary/aromatic N) is 1. The first-order chi connectivity index (χ1) is 8.19. The van der Waals surface area contributed by atoms with E-state index in [-0.39, 0.29) is 0 Å². The van der Waals surface area contributed by atoms with Crippen molar-refractivity contribution >= 4 is 16.6 Å². The Kier molecular flexibility index (Phi) is 3.18. The van der Waals surface area contributed by atoms with Crippen LogP contribution in [0.15, 0.2) is 18.2 Å². The lowest BCUT2D eigenvalue weighted by Crippen LogP contribution is -2.03. The van der Waals surface area contributed by atoms with Crippen molar-refractivity contribution in [1.29, 1.82) is 0 Å². The Labute approximate surface area is 102 Å². The molecule has 0 spiro atoms. The fourth-order valence-corrected chi connectivity index (χ4v) is 2.04. The monoisotopic (exact) mass is 230 g/mol. The van der Waals surface area contributed by atoms with E-state index in [1.807, 2.05) is 19.1 Å². The molecule has 0 radical (unpaired) electrons. The highest BCUT2D eigenvalue weighted by atomic mass is 16.5. The van der Waals surface area contributed by atoms with Crippen molar-refractivity contribution in [2.75, 3.05) is 19.0 Å². The third-order valence-corrected chi connectivity index (χ3v) is 3.04. The molecule has 17 heavy (non-hydrogen) atoms. The molecule has 0 amide bonds. The maximum Gasteiger partial charge on any atom is 0.145 e. The standard InChI is InChI=1S/C14H18N2O/c1-5-15-13-9(2)10(3)16-14-11(13)7-6-8-12(14)17-4/h6-8H,5H2,1-4H3,(H,15,16). The summed E-state index contributed by atoms with van der Waals surface area (Å²) in [4.78, 5) is 4.62. The molecule has 1 aromatic heterocycles. The smallest absolute Gasteiger partial charge is 0.145 e. The number of hydrogen-bond donors (Lipinski definition) is 1. The first kappa shape index (κ1) is 11.7. The fourth-order valence-electron chi connectivity index (χ4n) is 2.04. The van der Waals surface area contributed by atoms with Crippen LogP contribution in [-0.2, 0) is 0 Å². The van der Waals surface area contributed by atoms with E-state index < -0.39 is 0 Å². The van der Waals surface area contributed by atoms with Crippen LogP contribution < -0.4 is 10.1 Å². The van der Waals surface area contributed by atoms with Crippen molar-refractivity contribution in [3.05, 3.63) is 29.5 Å². The first-order valence-corrected chi connectivity index (χ1v) is 5.86. The molecule has 0 bridgehead atoms. The Balaban J connectivity index is 2.81. The zero-order valence-corrected chi connectivity index (χ0v) is 10.8. The van der Waals surface area contributed by atoms with Crippen molar-refractivity contribution in [2.24, 2.45) is 0 Å². The van der Waals surface area contributed by atoms with Gasteiger partial charge in [-0.15, -0.1) is 0 Å². The fraction of sp³-hybridized carbons (Fsp3) is 0.357. The average molecular weight is 230 g/mol. The summed E-state index contributed by atoms with van der Waals surface area (Å²) in [7, 11) is 1.68. The molecular formula is C14H18N2O. The Morgan fingerprint density at radius 3 is 2.71 bits per heavy atom. The van der Waals surface area contributed by atoms with Crippen LogP contribution in [0.5, 0.6) is 5.75 Å². The quantitative estimate of drug-likeness (QED) is 0.878. The molecule has 0 aliphatic heterocycles. The van der Waals surface area contributed by atoms with Gasteiger partial charge in [0.1, 0.15) is 11.3 Å². The Bertz CT molecular complexity index is 549. The molecule has 1 heterocycles. The van der Waals surface area contributed by atoms with E-state index in [4.69, 9.17) is 4.74 Å². The van der Waals surface area contributed by atoms with Crippen LogP contribution in [0.4, 0.5) is 5.69 Å². The molecule has 2 rings (SSSR count). The number of hydrogen-bond acceptors (Lipinski definition) is 3. The molecule has 3 nitrogen and oxygen atoms in total. The van der Waals surface area contributed by atoms with Crippen molar-refractivity contribution in [2.45, 2.75) is 20.8 Å². The average Bonchev–Trinajstić information content (AvgIpc) is 2.34. The SMILES string of the molecule is CCNc1c(C)c(C)nc2c(OC)cccc12. The highest BCUT2D eigenvalue weighted by molar-refractivity contribution is 5.96. The van der Waals surface area contributed by atoms with E-state index in [2.05, 4.69) is 30.2 Å². The molecule has 0 atom stereocenters. The third kappa shape index (κ3) is 1.93. The Morgan fingerprint density at radius 1 is 1.29 bits per heavy atom. The number of benzene rings is 1. The molecule has 3 heteroatoms. The van der Waals surface area contributed by atoms with Crippen LogP contribution in [0.25, 0.3) is 10.9 Å². The summed E-state index contributed by atoms with van der Waals surface area (Å²) in [6, 6.07) is 6.02. The van der Waals surface area contributed by atoms with E-state index in [9.17, 15) is 0 Å². The minimum atomic E-state index is 0.824. The number of pyridine rings is 1. The van der Waals surface area contributed by atoms with E-state index in [0.29, 0.717) is 0 Å². The summed E-state index contributed by atoms with van der Waals surface area (Å²) in [5, 5.41) is 4.54. The molecule has 0 aliphatic rings. The predicted molar refractivity (Wildman–Crippen MR) is 71.9 cm³/mol. The van der Waals surface area contributed by atoms with Gasteiger partial charge in [-0.2, -0.15) is 0 Å². The van der Waals surface area contributed by atoms with Gasteiger partial charge < -0.3 is 10.1 Å². The van der Waals surface area contributed by atoms with Crippen LogP contribution in [0.1, 0.15) is 18.2 Å². The molecule has 1 aromatic carbocycles. The van der Waals surface area contributed by atoms with Crippen LogP contribution in [0.3, 0.4) is 0 Å². The molecule has 90 valence electrons. The summed E-state index contributed by atoms with van der Waals surface area (Å²) in [5.41, 5.74) is 4.33. The Hall–Kier alpha value is -1.77. The van der Waals surface area contributed by atoms with E-state index in [0.717, 1.165) is 34.6 Å². The van der Waals surface area contributed by atoms with Gasteiger partial charge in [-0.3, -0.25) is 0 Å². The van der Waals surface area contributed by atoms with Gasteiger partial charge in [-0.1, -0.05) is 12.1 Å². The molecule has 1 N–H and O–H groups in total. The number of aromatic nitrogens is 1. The van der Waals surface area contributed by atoms with Gasteiger partial charge in [-0.25, -0.2) is 4.98 Å². The van der Waals surface area contributed by atoms with E-state index in [1.165, 1.54) is 5.56 Å². The van der Waals surface area contributed by atoms with Gasteiger partial charge in [0.05, 0.1) is 7.11 Å². The molecule has 0 unspecified atom stereocenters. The van der Waals surface area contributed by atoms with Crippen LogP contribution in [0.2, 0.25) is 0 Å². The number of methoxy groups -OCH3 is 1. The number of ether oxygens (including phenoxy) is 1. The lowest BCUT2D eigenvalue weighted by Gasteiger charge is -2.14. The molecule has 0 aliphatic carbocycles. The summed E-state index contributed by atoms with van der Waals surface area (Å²) in [6.45, 7) is 7.12. The van der Waals surface area contributed by atoms with Gasteiger partial charge in [0.15, 0.2) is 0 Å². The number of fused-ring (bicyclic) bond motifs is 1. The van der Waals surface area contributed by atoms with E-state index >= 15 is 0 Å². The summed E-state index contributed by atoms with van der Waals surface area (Å²) < 4.78 is 5.37. The number of anilines is 1. The summed E-state index contributed by atoms with van der Waals surface area (Å²) in [5.74, 6) is 0.824. The van der Waals surface area contributed by atoms with Crippen molar-refractivity contribution in [3.63, 3.8) is 0 Å². The van der Waals surface area contributed by atoms with Gasteiger partial charge in [0.25, 0.3) is 0 Å². The first-order valence-electron chi connectivity index (χ1n) is 5.86. The van der Waals surface area contributed by atoms with Crippen LogP contribution >= 0.6 is 0 Å². The minimum Gasteiger partial charge on any atom is -0.494 e. The Morgan fingerprint density at radius 2 is 2.06 bits per heavy atom. The lowest BCUT2D eigenvalue weighted by atomic mass is 10.1. The molecular weight excluding hydrogens is 212 g/mol. The van der Waals surface area contributed by atoms with Crippen molar-refractivity contribution in [3.8, 4) is 5.75 Å². The number of para-hydroxylation sites is 1.